The smallest absolute Gasteiger partial charge is 0.303 e. The number of hydrogen-bond acceptors (Lipinski definition) is 5. The van der Waals surface area contributed by atoms with E-state index in [0.717, 1.165) is 6.07 Å². The lowest BCUT2D eigenvalue weighted by Gasteiger charge is -1.99. The Labute approximate surface area is 86.9 Å². The number of aromatic nitrogens is 5. The summed E-state index contributed by atoms with van der Waals surface area (Å²) in [6, 6.07) is 0.965. The van der Waals surface area contributed by atoms with Crippen LogP contribution >= 0.6 is 0 Å². The number of aromatic amines is 3. The number of carbonyl (C=O) groups is 1. The van der Waals surface area contributed by atoms with E-state index in [4.69, 9.17) is 0 Å². The molecule has 82 valence electrons. The molecule has 0 aliphatic rings. The molecule has 9 heteroatoms. The van der Waals surface area contributed by atoms with Gasteiger partial charge in [-0.2, -0.15) is 10.1 Å². The fourth-order valence-corrected chi connectivity index (χ4v) is 1.03. The number of amides is 1. The van der Waals surface area contributed by atoms with E-state index in [-0.39, 0.29) is 11.6 Å². The van der Waals surface area contributed by atoms with Gasteiger partial charge >= 0.3 is 5.69 Å². The van der Waals surface area contributed by atoms with Crippen molar-refractivity contribution in [1.82, 2.24) is 25.1 Å². The van der Waals surface area contributed by atoms with E-state index in [1.54, 1.807) is 0 Å². The second-order valence-electron chi connectivity index (χ2n) is 2.79. The number of nitrogens with one attached hydrogen (secondary N) is 4. The largest absolute Gasteiger partial charge is 0.326 e. The first-order valence-corrected chi connectivity index (χ1v) is 4.15. The summed E-state index contributed by atoms with van der Waals surface area (Å²) in [6.07, 6.45) is 1.20. The maximum absolute atomic E-state index is 11.5. The predicted molar refractivity (Wildman–Crippen MR) is 52.0 cm³/mol. The second-order valence-corrected chi connectivity index (χ2v) is 2.79. The molecular formula is C7H6N6O3. The summed E-state index contributed by atoms with van der Waals surface area (Å²) in [7, 11) is 0. The maximum atomic E-state index is 11.5. The van der Waals surface area contributed by atoms with Crippen LogP contribution in [0.2, 0.25) is 0 Å². The molecule has 16 heavy (non-hydrogen) atoms. The summed E-state index contributed by atoms with van der Waals surface area (Å²) < 4.78 is 0. The van der Waals surface area contributed by atoms with Gasteiger partial charge in [0.15, 0.2) is 0 Å². The second kappa shape index (κ2) is 3.81. The third-order valence-corrected chi connectivity index (χ3v) is 1.65. The number of carbonyl (C=O) groups excluding carboxylic acids is 1. The van der Waals surface area contributed by atoms with Crippen LogP contribution < -0.4 is 16.6 Å². The molecule has 0 aromatic carbocycles. The third-order valence-electron chi connectivity index (χ3n) is 1.65. The Balaban J connectivity index is 2.28. The van der Waals surface area contributed by atoms with E-state index in [2.05, 4.69) is 25.5 Å². The van der Waals surface area contributed by atoms with Crippen LogP contribution in [0, 0.1) is 0 Å². The average molecular weight is 222 g/mol. The molecule has 2 heterocycles. The molecule has 4 N–H and O–H groups in total. The molecule has 0 atom stereocenters. The van der Waals surface area contributed by atoms with Gasteiger partial charge in [-0.25, -0.2) is 9.89 Å². The van der Waals surface area contributed by atoms with Crippen LogP contribution in [0.1, 0.15) is 10.5 Å². The van der Waals surface area contributed by atoms with Crippen molar-refractivity contribution in [2.24, 2.45) is 0 Å². The lowest BCUT2D eigenvalue weighted by Crippen LogP contribution is -2.27. The third kappa shape index (κ3) is 2.03. The van der Waals surface area contributed by atoms with Crippen molar-refractivity contribution in [3.63, 3.8) is 0 Å². The zero-order valence-corrected chi connectivity index (χ0v) is 7.77. The molecule has 0 saturated heterocycles. The molecule has 0 saturated carbocycles. The molecule has 0 aliphatic carbocycles. The minimum Gasteiger partial charge on any atom is -0.303 e. The van der Waals surface area contributed by atoms with E-state index in [0.29, 0.717) is 0 Å². The lowest BCUT2D eigenvalue weighted by molar-refractivity contribution is 0.102. The van der Waals surface area contributed by atoms with Crippen LogP contribution in [0.3, 0.4) is 0 Å². The number of nitrogens with zero attached hydrogens (tertiary/aromatic N) is 2. The first kappa shape index (κ1) is 9.83. The molecular weight excluding hydrogens is 216 g/mol. The average Bonchev–Trinajstić information content (AvgIpc) is 2.68. The normalized spacial score (nSPS) is 10.0. The molecule has 9 nitrogen and oxygen atoms in total. The van der Waals surface area contributed by atoms with Gasteiger partial charge in [0.05, 0.1) is 0 Å². The molecule has 0 radical (unpaired) electrons. The fourth-order valence-electron chi connectivity index (χ4n) is 1.03. The van der Waals surface area contributed by atoms with Crippen molar-refractivity contribution < 1.29 is 4.79 Å². The molecule has 1 amide bonds. The number of hydrogen-bond donors (Lipinski definition) is 4. The number of rotatable bonds is 2. The van der Waals surface area contributed by atoms with E-state index in [9.17, 15) is 14.4 Å². The highest BCUT2D eigenvalue weighted by atomic mass is 16.2. The predicted octanol–water partition coefficient (Wildman–Crippen LogP) is -1.57. The van der Waals surface area contributed by atoms with E-state index < -0.39 is 17.2 Å². The highest BCUT2D eigenvalue weighted by Crippen LogP contribution is 1.95. The molecule has 0 fully saturated rings. The maximum Gasteiger partial charge on any atom is 0.326 e. The molecule has 2 aromatic rings. The summed E-state index contributed by atoms with van der Waals surface area (Å²) >= 11 is 0. The molecule has 2 aromatic heterocycles. The Morgan fingerprint density at radius 2 is 2.12 bits per heavy atom. The summed E-state index contributed by atoms with van der Waals surface area (Å²) in [5.41, 5.74) is -1.58. The standard InChI is InChI=1S/C7H6N6O3/c14-4-1-3(10-7(16)11-4)5(15)12-6-8-2-9-13-6/h1-2H,(H2,10,11,14,16)(H2,8,9,12,13,15). The highest BCUT2D eigenvalue weighted by Gasteiger charge is 2.09. The van der Waals surface area contributed by atoms with Gasteiger partial charge in [0.1, 0.15) is 12.0 Å². The van der Waals surface area contributed by atoms with Gasteiger partial charge in [0.25, 0.3) is 11.5 Å². The van der Waals surface area contributed by atoms with Crippen LogP contribution in [-0.4, -0.2) is 31.1 Å². The van der Waals surface area contributed by atoms with Crippen LogP contribution in [0.5, 0.6) is 0 Å². The van der Waals surface area contributed by atoms with Gasteiger partial charge in [-0.05, 0) is 0 Å². The first-order chi connectivity index (χ1) is 7.65. The number of anilines is 1. The molecule has 0 spiro atoms. The van der Waals surface area contributed by atoms with Gasteiger partial charge in [-0.1, -0.05) is 0 Å². The summed E-state index contributed by atoms with van der Waals surface area (Å²) in [6.45, 7) is 0. The Morgan fingerprint density at radius 3 is 2.75 bits per heavy atom. The van der Waals surface area contributed by atoms with Gasteiger partial charge in [-0.15, -0.1) is 0 Å². The Hall–Kier alpha value is -2.71. The molecule has 2 rings (SSSR count). The molecule has 0 unspecified atom stereocenters. The minimum absolute atomic E-state index is 0.117. The Bertz CT molecular complexity index is 581. The quantitative estimate of drug-likeness (QED) is 0.486. The highest BCUT2D eigenvalue weighted by molar-refractivity contribution is 6.01. The zero-order valence-electron chi connectivity index (χ0n) is 7.77. The minimum atomic E-state index is -0.754. The van der Waals surface area contributed by atoms with Crippen molar-refractivity contribution in [2.45, 2.75) is 0 Å². The van der Waals surface area contributed by atoms with Crippen LogP contribution in [0.25, 0.3) is 0 Å². The topological polar surface area (TPSA) is 136 Å². The van der Waals surface area contributed by atoms with Crippen molar-refractivity contribution >= 4 is 11.9 Å². The summed E-state index contributed by atoms with van der Waals surface area (Å²) in [5, 5.41) is 8.21. The van der Waals surface area contributed by atoms with Crippen molar-refractivity contribution in [2.75, 3.05) is 5.32 Å². The van der Waals surface area contributed by atoms with Gasteiger partial charge in [-0.3, -0.25) is 19.9 Å². The fraction of sp³-hybridized carbons (Fsp3) is 0. The van der Waals surface area contributed by atoms with E-state index >= 15 is 0 Å². The van der Waals surface area contributed by atoms with Crippen LogP contribution in [-0.2, 0) is 0 Å². The molecule has 0 aliphatic heterocycles. The SMILES string of the molecule is O=C(Nc1ncn[nH]1)c1cc(=O)[nH]c(=O)[nH]1. The van der Waals surface area contributed by atoms with Gasteiger partial charge < -0.3 is 4.98 Å². The van der Waals surface area contributed by atoms with E-state index in [1.165, 1.54) is 6.33 Å². The Kier molecular flexibility index (Phi) is 2.34. The van der Waals surface area contributed by atoms with Crippen LogP contribution in [0.15, 0.2) is 22.0 Å². The Morgan fingerprint density at radius 1 is 1.31 bits per heavy atom. The monoisotopic (exact) mass is 222 g/mol. The zero-order chi connectivity index (χ0) is 11.5. The number of H-pyrrole nitrogens is 3. The van der Waals surface area contributed by atoms with Crippen LogP contribution in [0.4, 0.5) is 5.95 Å². The van der Waals surface area contributed by atoms with Gasteiger partial charge in [0, 0.05) is 6.07 Å². The van der Waals surface area contributed by atoms with E-state index in [1.807, 2.05) is 4.98 Å². The van der Waals surface area contributed by atoms with Crippen molar-refractivity contribution in [1.29, 1.82) is 0 Å². The first-order valence-electron chi connectivity index (χ1n) is 4.15. The van der Waals surface area contributed by atoms with Gasteiger partial charge in [0.2, 0.25) is 5.95 Å². The lowest BCUT2D eigenvalue weighted by atomic mass is 10.4. The summed E-state index contributed by atoms with van der Waals surface area (Å²) in [5.74, 6) is -0.550. The van der Waals surface area contributed by atoms with Crippen molar-refractivity contribution in [3.05, 3.63) is 38.9 Å². The molecule has 0 bridgehead atoms. The summed E-state index contributed by atoms with van der Waals surface area (Å²) in [4.78, 5) is 41.1. The van der Waals surface area contributed by atoms with Crippen molar-refractivity contribution in [3.8, 4) is 0 Å².